The van der Waals surface area contributed by atoms with Crippen LogP contribution in [0.2, 0.25) is 0 Å². The van der Waals surface area contributed by atoms with Crippen LogP contribution in [0, 0.1) is 5.92 Å². The maximum absolute atomic E-state index is 13.1. The number of esters is 1. The number of alkyl halides is 3. The lowest BCUT2D eigenvalue weighted by Gasteiger charge is -2.12. The van der Waals surface area contributed by atoms with E-state index in [1.807, 2.05) is 0 Å². The fourth-order valence-corrected chi connectivity index (χ4v) is 4.07. The largest absolute Gasteiger partial charge is 0.465 e. The number of methoxy groups -OCH3 is 1. The molecule has 0 saturated heterocycles. The number of ether oxygens (including phenoxy) is 1. The molecule has 0 saturated carbocycles. The summed E-state index contributed by atoms with van der Waals surface area (Å²) in [5.41, 5.74) is 3.06. The summed E-state index contributed by atoms with van der Waals surface area (Å²) in [4.78, 5) is 24.6. The first kappa shape index (κ1) is 20.8. The monoisotopic (exact) mass is 424 g/mol. The normalized spacial score (nSPS) is 15.6. The summed E-state index contributed by atoms with van der Waals surface area (Å²) in [7, 11) is 1.31. The fourth-order valence-electron chi connectivity index (χ4n) is 4.07. The van der Waals surface area contributed by atoms with Gasteiger partial charge in [-0.25, -0.2) is 4.79 Å². The Bertz CT molecular complexity index is 1150. The molecule has 6 heteroatoms. The van der Waals surface area contributed by atoms with Crippen molar-refractivity contribution in [2.75, 3.05) is 7.11 Å². The van der Waals surface area contributed by atoms with Crippen LogP contribution in [0.3, 0.4) is 0 Å². The standard InChI is InChI=1S/C25H19F3O3/c1-31-24(30)16-10-8-15(9-11-16)12-18-14-22-20(6-3-7-21(22)23(18)29)17-4-2-5-19(13-17)25(26,27)28/h2-11,13,18H,12,14H2,1H3. The number of benzene rings is 3. The van der Waals surface area contributed by atoms with E-state index in [2.05, 4.69) is 0 Å². The van der Waals surface area contributed by atoms with Crippen LogP contribution < -0.4 is 0 Å². The highest BCUT2D eigenvalue weighted by molar-refractivity contribution is 6.04. The first-order valence-electron chi connectivity index (χ1n) is 9.79. The van der Waals surface area contributed by atoms with Crippen LogP contribution in [0.1, 0.15) is 37.4 Å². The van der Waals surface area contributed by atoms with Gasteiger partial charge in [-0.1, -0.05) is 42.5 Å². The molecule has 0 radical (unpaired) electrons. The van der Waals surface area contributed by atoms with Gasteiger partial charge in [-0.2, -0.15) is 13.2 Å². The van der Waals surface area contributed by atoms with Crippen molar-refractivity contribution in [2.24, 2.45) is 5.92 Å². The minimum absolute atomic E-state index is 0.0131. The summed E-state index contributed by atoms with van der Waals surface area (Å²) in [5, 5.41) is 0. The Kier molecular flexibility index (Phi) is 5.39. The molecule has 0 bridgehead atoms. The molecular formula is C25H19F3O3. The van der Waals surface area contributed by atoms with E-state index in [0.717, 1.165) is 23.3 Å². The van der Waals surface area contributed by atoms with Gasteiger partial charge in [-0.05, 0) is 59.4 Å². The number of hydrogen-bond donors (Lipinski definition) is 0. The third-order valence-corrected chi connectivity index (χ3v) is 5.62. The molecule has 3 nitrogen and oxygen atoms in total. The van der Waals surface area contributed by atoms with Gasteiger partial charge in [0, 0.05) is 11.5 Å². The van der Waals surface area contributed by atoms with E-state index in [1.165, 1.54) is 13.2 Å². The molecular weight excluding hydrogens is 405 g/mol. The number of Topliss-reactive ketones (excluding diaryl/α,β-unsaturated/α-hetero) is 1. The fraction of sp³-hybridized carbons (Fsp3) is 0.200. The van der Waals surface area contributed by atoms with Gasteiger partial charge in [0.1, 0.15) is 0 Å². The van der Waals surface area contributed by atoms with E-state index in [1.54, 1.807) is 48.5 Å². The van der Waals surface area contributed by atoms with Gasteiger partial charge < -0.3 is 4.74 Å². The van der Waals surface area contributed by atoms with E-state index in [-0.39, 0.29) is 11.7 Å². The highest BCUT2D eigenvalue weighted by Crippen LogP contribution is 2.38. The Hall–Kier alpha value is -3.41. The van der Waals surface area contributed by atoms with Crippen molar-refractivity contribution in [1.29, 1.82) is 0 Å². The van der Waals surface area contributed by atoms with E-state index in [9.17, 15) is 22.8 Å². The first-order valence-corrected chi connectivity index (χ1v) is 9.79. The molecule has 0 fully saturated rings. The van der Waals surface area contributed by atoms with E-state index in [4.69, 9.17) is 4.74 Å². The second-order valence-corrected chi connectivity index (χ2v) is 7.57. The van der Waals surface area contributed by atoms with Crippen molar-refractivity contribution in [3.05, 3.63) is 94.5 Å². The molecule has 1 aliphatic rings. The number of halogens is 3. The van der Waals surface area contributed by atoms with E-state index >= 15 is 0 Å². The van der Waals surface area contributed by atoms with Crippen LogP contribution in [-0.4, -0.2) is 18.9 Å². The summed E-state index contributed by atoms with van der Waals surface area (Å²) in [5.74, 6) is -0.742. The second-order valence-electron chi connectivity index (χ2n) is 7.57. The van der Waals surface area contributed by atoms with Crippen molar-refractivity contribution in [1.82, 2.24) is 0 Å². The van der Waals surface area contributed by atoms with Crippen LogP contribution >= 0.6 is 0 Å². The summed E-state index contributed by atoms with van der Waals surface area (Å²) < 4.78 is 44.1. The first-order chi connectivity index (χ1) is 14.8. The lowest BCUT2D eigenvalue weighted by Crippen LogP contribution is -2.12. The summed E-state index contributed by atoms with van der Waals surface area (Å²) >= 11 is 0. The van der Waals surface area contributed by atoms with Gasteiger partial charge in [0.25, 0.3) is 0 Å². The van der Waals surface area contributed by atoms with Crippen molar-refractivity contribution >= 4 is 11.8 Å². The van der Waals surface area contributed by atoms with Crippen molar-refractivity contribution in [2.45, 2.75) is 19.0 Å². The van der Waals surface area contributed by atoms with Gasteiger partial charge in [-0.15, -0.1) is 0 Å². The summed E-state index contributed by atoms with van der Waals surface area (Å²) in [6.45, 7) is 0. The molecule has 1 atom stereocenters. The third kappa shape index (κ3) is 4.10. The number of fused-ring (bicyclic) bond motifs is 1. The molecule has 31 heavy (non-hydrogen) atoms. The van der Waals surface area contributed by atoms with Gasteiger partial charge in [-0.3, -0.25) is 4.79 Å². The van der Waals surface area contributed by atoms with Crippen LogP contribution in [0.4, 0.5) is 13.2 Å². The number of carbonyl (C=O) groups excluding carboxylic acids is 2. The Morgan fingerprint density at radius 2 is 1.68 bits per heavy atom. The lowest BCUT2D eigenvalue weighted by atomic mass is 9.93. The molecule has 0 amide bonds. The zero-order valence-corrected chi connectivity index (χ0v) is 16.7. The van der Waals surface area contributed by atoms with Crippen molar-refractivity contribution < 1.29 is 27.5 Å². The molecule has 158 valence electrons. The molecule has 0 heterocycles. The molecule has 3 aromatic carbocycles. The van der Waals surface area contributed by atoms with Crippen LogP contribution in [0.25, 0.3) is 11.1 Å². The number of ketones is 1. The van der Waals surface area contributed by atoms with Crippen molar-refractivity contribution in [3.8, 4) is 11.1 Å². The van der Waals surface area contributed by atoms with Crippen LogP contribution in [-0.2, 0) is 23.8 Å². The predicted octanol–water partition coefficient (Wildman–Crippen LogP) is 5.76. The average molecular weight is 424 g/mol. The van der Waals surface area contributed by atoms with Gasteiger partial charge in [0.15, 0.2) is 5.78 Å². The number of hydrogen-bond acceptors (Lipinski definition) is 3. The molecule has 3 aromatic rings. The Morgan fingerprint density at radius 1 is 1.00 bits per heavy atom. The quantitative estimate of drug-likeness (QED) is 0.501. The summed E-state index contributed by atoms with van der Waals surface area (Å²) in [6, 6.07) is 17.3. The van der Waals surface area contributed by atoms with Gasteiger partial charge in [0.05, 0.1) is 18.2 Å². The Labute approximate surface area is 177 Å². The zero-order valence-electron chi connectivity index (χ0n) is 16.7. The van der Waals surface area contributed by atoms with Crippen LogP contribution in [0.15, 0.2) is 66.7 Å². The summed E-state index contributed by atoms with van der Waals surface area (Å²) in [6.07, 6.45) is -3.49. The number of rotatable bonds is 4. The molecule has 1 aliphatic carbocycles. The molecule has 4 rings (SSSR count). The maximum Gasteiger partial charge on any atom is 0.416 e. The zero-order chi connectivity index (χ0) is 22.2. The van der Waals surface area contributed by atoms with Gasteiger partial charge >= 0.3 is 12.1 Å². The highest BCUT2D eigenvalue weighted by Gasteiger charge is 2.34. The van der Waals surface area contributed by atoms with E-state index in [0.29, 0.717) is 35.1 Å². The minimum Gasteiger partial charge on any atom is -0.465 e. The molecule has 0 aliphatic heterocycles. The smallest absolute Gasteiger partial charge is 0.416 e. The predicted molar refractivity (Wildman–Crippen MR) is 110 cm³/mol. The molecule has 1 unspecified atom stereocenters. The van der Waals surface area contributed by atoms with Crippen molar-refractivity contribution in [3.63, 3.8) is 0 Å². The Balaban J connectivity index is 1.61. The highest BCUT2D eigenvalue weighted by atomic mass is 19.4. The minimum atomic E-state index is -4.43. The topological polar surface area (TPSA) is 43.4 Å². The third-order valence-electron chi connectivity index (χ3n) is 5.62. The number of carbonyl (C=O) groups is 2. The second kappa shape index (κ2) is 8.02. The van der Waals surface area contributed by atoms with E-state index < -0.39 is 17.7 Å². The molecule has 0 aromatic heterocycles. The Morgan fingerprint density at radius 3 is 2.35 bits per heavy atom. The maximum atomic E-state index is 13.1. The average Bonchev–Trinajstić information content (AvgIpc) is 3.08. The lowest BCUT2D eigenvalue weighted by molar-refractivity contribution is -0.137. The SMILES string of the molecule is COC(=O)c1ccc(CC2Cc3c(cccc3-c3cccc(C(F)(F)F)c3)C2=O)cc1. The molecule has 0 N–H and O–H groups in total. The molecule has 0 spiro atoms. The van der Waals surface area contributed by atoms with Crippen LogP contribution in [0.5, 0.6) is 0 Å². The van der Waals surface area contributed by atoms with Gasteiger partial charge in [0.2, 0.25) is 0 Å².